The molecule has 1 nitrogen and oxygen atoms in total. The molecule has 2 aromatic heterocycles. The second-order valence-corrected chi connectivity index (χ2v) is 7.68. The lowest BCUT2D eigenvalue weighted by atomic mass is 10.2. The van der Waals surface area contributed by atoms with E-state index >= 15 is 0 Å². The zero-order chi connectivity index (χ0) is 10.1. The van der Waals surface area contributed by atoms with Crippen molar-refractivity contribution in [2.24, 2.45) is 0 Å². The lowest BCUT2D eigenvalue weighted by Crippen LogP contribution is -1.92. The van der Waals surface area contributed by atoms with Crippen LogP contribution >= 0.6 is 54.5 Å². The quantitative estimate of drug-likeness (QED) is 0.847. The maximum atomic E-state index is 10.00. The number of aliphatic hydroxyl groups is 1. The predicted molar refractivity (Wildman–Crippen MR) is 68.1 cm³/mol. The van der Waals surface area contributed by atoms with E-state index in [1.807, 2.05) is 24.3 Å². The fraction of sp³-hybridized carbons (Fsp3) is 0.111. The number of hydrogen-bond acceptors (Lipinski definition) is 3. The molecule has 0 aliphatic carbocycles. The Morgan fingerprint density at radius 2 is 1.36 bits per heavy atom. The molecule has 0 aliphatic rings. The number of halogens is 2. The van der Waals surface area contributed by atoms with Gasteiger partial charge in [0, 0.05) is 9.75 Å². The molecular formula is C9H6Br2OS2. The van der Waals surface area contributed by atoms with E-state index in [1.165, 1.54) is 0 Å². The van der Waals surface area contributed by atoms with E-state index in [2.05, 4.69) is 31.9 Å². The van der Waals surface area contributed by atoms with E-state index in [-0.39, 0.29) is 0 Å². The van der Waals surface area contributed by atoms with E-state index < -0.39 is 6.10 Å². The molecule has 0 amide bonds. The highest BCUT2D eigenvalue weighted by molar-refractivity contribution is 9.11. The first-order chi connectivity index (χ1) is 6.66. The monoisotopic (exact) mass is 352 g/mol. The molecule has 0 saturated heterocycles. The first-order valence-electron chi connectivity index (χ1n) is 3.85. The van der Waals surface area contributed by atoms with Crippen molar-refractivity contribution in [2.75, 3.05) is 0 Å². The Morgan fingerprint density at radius 3 is 1.64 bits per heavy atom. The summed E-state index contributed by atoms with van der Waals surface area (Å²) in [5, 5.41) is 10.00. The van der Waals surface area contributed by atoms with Crippen molar-refractivity contribution in [3.05, 3.63) is 41.6 Å². The van der Waals surface area contributed by atoms with Gasteiger partial charge in [-0.1, -0.05) is 0 Å². The first-order valence-corrected chi connectivity index (χ1v) is 7.07. The van der Waals surface area contributed by atoms with Crippen molar-refractivity contribution in [3.8, 4) is 0 Å². The van der Waals surface area contributed by atoms with Gasteiger partial charge in [0.15, 0.2) is 0 Å². The van der Waals surface area contributed by atoms with Crippen molar-refractivity contribution in [2.45, 2.75) is 6.10 Å². The molecule has 0 unspecified atom stereocenters. The summed E-state index contributed by atoms with van der Waals surface area (Å²) in [5.41, 5.74) is 0. The van der Waals surface area contributed by atoms with Crippen LogP contribution in [0.2, 0.25) is 0 Å². The largest absolute Gasteiger partial charge is 0.382 e. The van der Waals surface area contributed by atoms with Crippen LogP contribution < -0.4 is 0 Å². The maximum Gasteiger partial charge on any atom is 0.122 e. The SMILES string of the molecule is OC(c1ccc(Br)s1)c1ccc(Br)s1. The lowest BCUT2D eigenvalue weighted by molar-refractivity contribution is 0.228. The summed E-state index contributed by atoms with van der Waals surface area (Å²) in [6.07, 6.45) is -0.498. The zero-order valence-corrected chi connectivity index (χ0v) is 11.7. The number of hydrogen-bond donors (Lipinski definition) is 1. The van der Waals surface area contributed by atoms with E-state index in [4.69, 9.17) is 0 Å². The topological polar surface area (TPSA) is 20.2 Å². The molecule has 74 valence electrons. The minimum atomic E-state index is -0.498. The Morgan fingerprint density at radius 1 is 0.929 bits per heavy atom. The highest BCUT2D eigenvalue weighted by Gasteiger charge is 2.14. The molecule has 0 fully saturated rings. The van der Waals surface area contributed by atoms with Crippen LogP contribution in [0.25, 0.3) is 0 Å². The average Bonchev–Trinajstić information content (AvgIpc) is 2.73. The fourth-order valence-electron chi connectivity index (χ4n) is 1.09. The molecule has 2 aromatic rings. The summed E-state index contributed by atoms with van der Waals surface area (Å²) < 4.78 is 2.09. The maximum absolute atomic E-state index is 10.00. The van der Waals surface area contributed by atoms with Crippen LogP contribution in [0, 0.1) is 0 Å². The summed E-state index contributed by atoms with van der Waals surface area (Å²) in [6.45, 7) is 0. The van der Waals surface area contributed by atoms with Crippen molar-refractivity contribution < 1.29 is 5.11 Å². The van der Waals surface area contributed by atoms with Gasteiger partial charge in [-0.3, -0.25) is 0 Å². The Kier molecular flexibility index (Phi) is 3.44. The summed E-state index contributed by atoms with van der Waals surface area (Å²) in [5.74, 6) is 0. The molecule has 0 aromatic carbocycles. The average molecular weight is 354 g/mol. The summed E-state index contributed by atoms with van der Waals surface area (Å²) in [4.78, 5) is 1.93. The van der Waals surface area contributed by atoms with Crippen LogP contribution in [0.3, 0.4) is 0 Å². The van der Waals surface area contributed by atoms with Crippen molar-refractivity contribution in [1.82, 2.24) is 0 Å². The third-order valence-corrected chi connectivity index (χ3v) is 5.08. The molecule has 0 spiro atoms. The lowest BCUT2D eigenvalue weighted by Gasteiger charge is -2.04. The first kappa shape index (κ1) is 10.8. The standard InChI is InChI=1S/C9H6Br2OS2/c10-7-3-1-5(13-7)9(12)6-2-4-8(11)14-6/h1-4,9,12H. The fourth-order valence-corrected chi connectivity index (χ4v) is 4.02. The van der Waals surface area contributed by atoms with Gasteiger partial charge in [0.1, 0.15) is 6.10 Å². The van der Waals surface area contributed by atoms with Gasteiger partial charge in [0.05, 0.1) is 7.57 Å². The molecule has 2 rings (SSSR count). The normalized spacial score (nSPS) is 11.1. The highest BCUT2D eigenvalue weighted by Crippen LogP contribution is 2.35. The smallest absolute Gasteiger partial charge is 0.122 e. The Hall–Kier alpha value is 0.320. The van der Waals surface area contributed by atoms with Crippen molar-refractivity contribution >= 4 is 54.5 Å². The number of rotatable bonds is 2. The Balaban J connectivity index is 2.28. The van der Waals surface area contributed by atoms with Gasteiger partial charge in [-0.25, -0.2) is 0 Å². The number of aliphatic hydroxyl groups excluding tert-OH is 1. The van der Waals surface area contributed by atoms with E-state index in [0.29, 0.717) is 0 Å². The van der Waals surface area contributed by atoms with Gasteiger partial charge in [0.25, 0.3) is 0 Å². The van der Waals surface area contributed by atoms with Gasteiger partial charge in [0.2, 0.25) is 0 Å². The van der Waals surface area contributed by atoms with E-state index in [0.717, 1.165) is 17.3 Å². The van der Waals surface area contributed by atoms with Crippen LogP contribution in [-0.2, 0) is 0 Å². The summed E-state index contributed by atoms with van der Waals surface area (Å²) >= 11 is 9.88. The molecule has 0 bridgehead atoms. The zero-order valence-electron chi connectivity index (χ0n) is 6.91. The van der Waals surface area contributed by atoms with Crippen LogP contribution in [0.15, 0.2) is 31.8 Å². The predicted octanol–water partition coefficient (Wildman–Crippen LogP) is 4.42. The second kappa shape index (κ2) is 4.45. The van der Waals surface area contributed by atoms with E-state index in [1.54, 1.807) is 22.7 Å². The van der Waals surface area contributed by atoms with Gasteiger partial charge in [-0.15, -0.1) is 22.7 Å². The van der Waals surface area contributed by atoms with Crippen molar-refractivity contribution in [1.29, 1.82) is 0 Å². The van der Waals surface area contributed by atoms with Crippen LogP contribution in [0.5, 0.6) is 0 Å². The highest BCUT2D eigenvalue weighted by atomic mass is 79.9. The third kappa shape index (κ3) is 2.28. The van der Waals surface area contributed by atoms with Gasteiger partial charge in [-0.2, -0.15) is 0 Å². The Bertz CT molecular complexity index is 395. The summed E-state index contributed by atoms with van der Waals surface area (Å²) in [6, 6.07) is 7.78. The molecule has 2 heterocycles. The summed E-state index contributed by atoms with van der Waals surface area (Å²) in [7, 11) is 0. The molecule has 0 radical (unpaired) electrons. The number of thiophene rings is 2. The Labute approximate surface area is 107 Å². The molecule has 0 saturated carbocycles. The van der Waals surface area contributed by atoms with Crippen LogP contribution in [0.1, 0.15) is 15.9 Å². The second-order valence-electron chi connectivity index (χ2n) is 2.69. The molecule has 5 heteroatoms. The third-order valence-electron chi connectivity index (χ3n) is 1.73. The molecule has 14 heavy (non-hydrogen) atoms. The molecule has 1 N–H and O–H groups in total. The van der Waals surface area contributed by atoms with Crippen molar-refractivity contribution in [3.63, 3.8) is 0 Å². The molecular weight excluding hydrogens is 348 g/mol. The van der Waals surface area contributed by atoms with Gasteiger partial charge < -0.3 is 5.11 Å². The minimum Gasteiger partial charge on any atom is -0.382 e. The van der Waals surface area contributed by atoms with E-state index in [9.17, 15) is 5.11 Å². The minimum absolute atomic E-state index is 0.498. The molecule has 0 aliphatic heterocycles. The van der Waals surface area contributed by atoms with Crippen LogP contribution in [0.4, 0.5) is 0 Å². The van der Waals surface area contributed by atoms with Crippen LogP contribution in [-0.4, -0.2) is 5.11 Å². The van der Waals surface area contributed by atoms with Gasteiger partial charge in [-0.05, 0) is 56.1 Å². The van der Waals surface area contributed by atoms with Gasteiger partial charge >= 0.3 is 0 Å². The molecule has 0 atom stereocenters.